The van der Waals surface area contributed by atoms with Crippen LogP contribution in [0.3, 0.4) is 0 Å². The molecule has 0 saturated carbocycles. The molecule has 0 aliphatic carbocycles. The van der Waals surface area contributed by atoms with E-state index in [1.807, 2.05) is 54.6 Å². The second-order valence-electron chi connectivity index (χ2n) is 7.21. The summed E-state index contributed by atoms with van der Waals surface area (Å²) < 4.78 is 6.75. The second-order valence-corrected chi connectivity index (χ2v) is 8.13. The van der Waals surface area contributed by atoms with Crippen molar-refractivity contribution < 1.29 is 14.3 Å². The van der Waals surface area contributed by atoms with Gasteiger partial charge in [0.25, 0.3) is 0 Å². The molecule has 1 atom stereocenters. The number of pyridine rings is 1. The van der Waals surface area contributed by atoms with Crippen LogP contribution < -0.4 is 15.0 Å². The molecule has 30 heavy (non-hydrogen) atoms. The number of para-hydroxylation sites is 1. The monoisotopic (exact) mass is 467 g/mol. The zero-order valence-electron chi connectivity index (χ0n) is 16.4. The third-order valence-corrected chi connectivity index (χ3v) is 5.58. The minimum absolute atomic E-state index is 0.0277. The summed E-state index contributed by atoms with van der Waals surface area (Å²) in [5.74, 6) is 0.290. The molecule has 4 rings (SSSR count). The molecule has 1 aromatic heterocycles. The first-order valence-electron chi connectivity index (χ1n) is 9.92. The van der Waals surface area contributed by atoms with Gasteiger partial charge in [-0.1, -0.05) is 40.2 Å². The van der Waals surface area contributed by atoms with Gasteiger partial charge in [0, 0.05) is 41.3 Å². The average molecular weight is 468 g/mol. The summed E-state index contributed by atoms with van der Waals surface area (Å²) in [4.78, 5) is 30.9. The Kier molecular flexibility index (Phi) is 6.28. The quantitative estimate of drug-likeness (QED) is 0.534. The van der Waals surface area contributed by atoms with Crippen LogP contribution in [-0.2, 0) is 9.59 Å². The highest BCUT2D eigenvalue weighted by molar-refractivity contribution is 9.10. The van der Waals surface area contributed by atoms with Gasteiger partial charge in [-0.25, -0.2) is 0 Å². The fourth-order valence-electron chi connectivity index (χ4n) is 3.58. The van der Waals surface area contributed by atoms with E-state index in [0.717, 1.165) is 26.8 Å². The standard InChI is InChI=1S/C23H22BrN3O3/c24-18-7-2-8-19(14-18)27-15-17(13-21(27)28)23(29)26-11-4-12-30-20-9-1-5-16-6-3-10-25-22(16)20/h1-3,5-10,14,17H,4,11-13,15H2,(H,26,29). The van der Waals surface area contributed by atoms with E-state index in [2.05, 4.69) is 26.2 Å². The summed E-state index contributed by atoms with van der Waals surface area (Å²) in [6.45, 7) is 1.38. The third kappa shape index (κ3) is 4.62. The summed E-state index contributed by atoms with van der Waals surface area (Å²) in [5.41, 5.74) is 1.64. The topological polar surface area (TPSA) is 71.5 Å². The lowest BCUT2D eigenvalue weighted by Crippen LogP contribution is -2.34. The summed E-state index contributed by atoms with van der Waals surface area (Å²) in [6, 6.07) is 17.3. The van der Waals surface area contributed by atoms with Crippen LogP contribution in [0.2, 0.25) is 0 Å². The number of halogens is 1. The molecule has 1 aliphatic rings. The number of ether oxygens (including phenoxy) is 1. The molecule has 2 heterocycles. The first-order valence-corrected chi connectivity index (χ1v) is 10.7. The molecular formula is C23H22BrN3O3. The van der Waals surface area contributed by atoms with E-state index in [9.17, 15) is 9.59 Å². The summed E-state index contributed by atoms with van der Waals surface area (Å²) >= 11 is 3.42. The van der Waals surface area contributed by atoms with Gasteiger partial charge >= 0.3 is 0 Å². The van der Waals surface area contributed by atoms with Gasteiger partial charge in [0.2, 0.25) is 11.8 Å². The van der Waals surface area contributed by atoms with Crippen LogP contribution in [0, 0.1) is 5.92 Å². The van der Waals surface area contributed by atoms with Crippen LogP contribution in [0.25, 0.3) is 10.9 Å². The van der Waals surface area contributed by atoms with Crippen LogP contribution in [0.5, 0.6) is 5.75 Å². The second kappa shape index (κ2) is 9.26. The van der Waals surface area contributed by atoms with Crippen molar-refractivity contribution in [3.63, 3.8) is 0 Å². The van der Waals surface area contributed by atoms with Gasteiger partial charge in [-0.3, -0.25) is 14.6 Å². The third-order valence-electron chi connectivity index (χ3n) is 5.09. The van der Waals surface area contributed by atoms with E-state index in [1.54, 1.807) is 11.1 Å². The lowest BCUT2D eigenvalue weighted by molar-refractivity contribution is -0.126. The Hall–Kier alpha value is -2.93. The molecule has 1 N–H and O–H groups in total. The van der Waals surface area contributed by atoms with Gasteiger partial charge in [-0.05, 0) is 36.8 Å². The van der Waals surface area contributed by atoms with E-state index in [4.69, 9.17) is 4.74 Å². The Balaban J connectivity index is 1.24. The molecule has 1 fully saturated rings. The SMILES string of the molecule is O=C(NCCCOc1cccc2cccnc12)C1CC(=O)N(c2cccc(Br)c2)C1. The van der Waals surface area contributed by atoms with Crippen molar-refractivity contribution in [3.05, 3.63) is 65.3 Å². The zero-order chi connectivity index (χ0) is 20.9. The molecule has 6 nitrogen and oxygen atoms in total. The lowest BCUT2D eigenvalue weighted by Gasteiger charge is -2.17. The number of anilines is 1. The predicted molar refractivity (Wildman–Crippen MR) is 119 cm³/mol. The first-order chi connectivity index (χ1) is 14.6. The molecule has 7 heteroatoms. The highest BCUT2D eigenvalue weighted by atomic mass is 79.9. The molecular weight excluding hydrogens is 446 g/mol. The van der Waals surface area contributed by atoms with Gasteiger partial charge < -0.3 is 15.0 Å². The fraction of sp³-hybridized carbons (Fsp3) is 0.261. The Morgan fingerprint density at radius 3 is 2.90 bits per heavy atom. The van der Waals surface area contributed by atoms with Gasteiger partial charge in [0.05, 0.1) is 12.5 Å². The minimum Gasteiger partial charge on any atom is -0.491 e. The van der Waals surface area contributed by atoms with Gasteiger partial charge in [0.1, 0.15) is 11.3 Å². The fourth-order valence-corrected chi connectivity index (χ4v) is 3.97. The maximum absolute atomic E-state index is 12.5. The Bertz CT molecular complexity index is 1070. The van der Waals surface area contributed by atoms with E-state index in [1.165, 1.54) is 0 Å². The molecule has 1 aliphatic heterocycles. The highest BCUT2D eigenvalue weighted by Gasteiger charge is 2.34. The number of aromatic nitrogens is 1. The molecule has 1 unspecified atom stereocenters. The van der Waals surface area contributed by atoms with Crippen molar-refractivity contribution >= 4 is 44.3 Å². The molecule has 0 bridgehead atoms. The van der Waals surface area contributed by atoms with Gasteiger partial charge in [0.15, 0.2) is 0 Å². The smallest absolute Gasteiger partial charge is 0.227 e. The summed E-state index contributed by atoms with van der Waals surface area (Å²) in [5, 5.41) is 3.96. The molecule has 0 spiro atoms. The molecule has 1 saturated heterocycles. The molecule has 3 aromatic rings. The Labute approximate surface area is 183 Å². The number of carbonyl (C=O) groups excluding carboxylic acids is 2. The summed E-state index contributed by atoms with van der Waals surface area (Å²) in [6.07, 6.45) is 2.65. The molecule has 0 radical (unpaired) electrons. The number of fused-ring (bicyclic) bond motifs is 1. The van der Waals surface area contributed by atoms with Crippen molar-refractivity contribution in [1.29, 1.82) is 0 Å². The van der Waals surface area contributed by atoms with Crippen molar-refractivity contribution in [3.8, 4) is 5.75 Å². The minimum atomic E-state index is -0.334. The molecule has 154 valence electrons. The van der Waals surface area contributed by atoms with Crippen LogP contribution in [0.15, 0.2) is 65.3 Å². The lowest BCUT2D eigenvalue weighted by atomic mass is 10.1. The number of carbonyl (C=O) groups is 2. The highest BCUT2D eigenvalue weighted by Crippen LogP contribution is 2.27. The van der Waals surface area contributed by atoms with Crippen LogP contribution in [0.4, 0.5) is 5.69 Å². The van der Waals surface area contributed by atoms with E-state index in [0.29, 0.717) is 26.1 Å². The van der Waals surface area contributed by atoms with E-state index >= 15 is 0 Å². The largest absolute Gasteiger partial charge is 0.491 e. The molecule has 2 amide bonds. The van der Waals surface area contributed by atoms with Crippen molar-refractivity contribution in [2.75, 3.05) is 24.6 Å². The van der Waals surface area contributed by atoms with Crippen LogP contribution in [0.1, 0.15) is 12.8 Å². The van der Waals surface area contributed by atoms with Gasteiger partial charge in [-0.15, -0.1) is 0 Å². The van der Waals surface area contributed by atoms with Crippen molar-refractivity contribution in [1.82, 2.24) is 10.3 Å². The van der Waals surface area contributed by atoms with E-state index in [-0.39, 0.29) is 24.2 Å². The number of rotatable bonds is 7. The van der Waals surface area contributed by atoms with Crippen LogP contribution >= 0.6 is 15.9 Å². The zero-order valence-corrected chi connectivity index (χ0v) is 18.0. The Morgan fingerprint density at radius 2 is 2.03 bits per heavy atom. The van der Waals surface area contributed by atoms with E-state index < -0.39 is 0 Å². The summed E-state index contributed by atoms with van der Waals surface area (Å²) in [7, 11) is 0. The Morgan fingerprint density at radius 1 is 1.20 bits per heavy atom. The number of amides is 2. The average Bonchev–Trinajstić information content (AvgIpc) is 3.15. The van der Waals surface area contributed by atoms with Crippen molar-refractivity contribution in [2.24, 2.45) is 5.92 Å². The maximum Gasteiger partial charge on any atom is 0.227 e. The number of benzene rings is 2. The first kappa shape index (κ1) is 20.3. The predicted octanol–water partition coefficient (Wildman–Crippen LogP) is 3.94. The molecule has 2 aromatic carbocycles. The van der Waals surface area contributed by atoms with Crippen LogP contribution in [-0.4, -0.2) is 36.5 Å². The maximum atomic E-state index is 12.5. The number of hydrogen-bond acceptors (Lipinski definition) is 4. The number of hydrogen-bond donors (Lipinski definition) is 1. The van der Waals surface area contributed by atoms with Crippen molar-refractivity contribution in [2.45, 2.75) is 12.8 Å². The van der Waals surface area contributed by atoms with Gasteiger partial charge in [-0.2, -0.15) is 0 Å². The number of nitrogens with one attached hydrogen (secondary N) is 1. The normalized spacial score (nSPS) is 16.1. The number of nitrogens with zero attached hydrogens (tertiary/aromatic N) is 2.